The van der Waals surface area contributed by atoms with Gasteiger partial charge in [-0.05, 0) is 31.2 Å². The number of furan rings is 1. The van der Waals surface area contributed by atoms with Crippen LogP contribution in [0.5, 0.6) is 0 Å². The number of hydrogen-bond donors (Lipinski definition) is 2. The van der Waals surface area contributed by atoms with Crippen molar-refractivity contribution in [2.45, 2.75) is 6.92 Å². The highest BCUT2D eigenvalue weighted by molar-refractivity contribution is 7.15. The van der Waals surface area contributed by atoms with E-state index in [1.807, 2.05) is 6.92 Å². The highest BCUT2D eigenvalue weighted by atomic mass is 32.1. The third-order valence-electron chi connectivity index (χ3n) is 3.51. The second-order valence-electron chi connectivity index (χ2n) is 5.29. The van der Waals surface area contributed by atoms with Crippen LogP contribution in [0.25, 0.3) is 10.8 Å². The summed E-state index contributed by atoms with van der Waals surface area (Å²) >= 11 is 1.37. The summed E-state index contributed by atoms with van der Waals surface area (Å²) in [7, 11) is 0. The molecule has 0 unspecified atom stereocenters. The highest BCUT2D eigenvalue weighted by Gasteiger charge is 2.19. The predicted octanol–water partition coefficient (Wildman–Crippen LogP) is 3.33. The fourth-order valence-corrected chi connectivity index (χ4v) is 3.19. The van der Waals surface area contributed by atoms with Gasteiger partial charge in [0, 0.05) is 4.88 Å². The number of benzene rings is 1. The monoisotopic (exact) mass is 365 g/mol. The fraction of sp³-hybridized carbons (Fsp3) is 0.105. The molecule has 0 atom stereocenters. The molecule has 130 valence electrons. The van der Waals surface area contributed by atoms with E-state index in [1.165, 1.54) is 11.3 Å². The van der Waals surface area contributed by atoms with Crippen LogP contribution >= 0.6 is 11.3 Å². The summed E-state index contributed by atoms with van der Waals surface area (Å²) in [5, 5.41) is 5.95. The fourth-order valence-electron chi connectivity index (χ4n) is 2.31. The lowest BCUT2D eigenvalue weighted by Crippen LogP contribution is -2.25. The average Bonchev–Trinajstić information content (AvgIpc) is 3.29. The van der Waals surface area contributed by atoms with E-state index in [-0.39, 0.29) is 12.5 Å². The molecule has 0 spiro atoms. The number of carbonyl (C=O) groups is 2. The van der Waals surface area contributed by atoms with Crippen molar-refractivity contribution in [3.8, 4) is 23.1 Å². The molecule has 26 heavy (non-hydrogen) atoms. The largest absolute Gasteiger partial charge is 0.462 e. The van der Waals surface area contributed by atoms with Gasteiger partial charge in [-0.1, -0.05) is 18.1 Å². The van der Waals surface area contributed by atoms with Crippen LogP contribution in [0.3, 0.4) is 0 Å². The van der Waals surface area contributed by atoms with Crippen molar-refractivity contribution in [3.05, 3.63) is 58.8 Å². The number of aromatic nitrogens is 1. The second kappa shape index (κ2) is 7.68. The number of amides is 2. The number of para-hydroxylation sites is 1. The van der Waals surface area contributed by atoms with Gasteiger partial charge >= 0.3 is 0 Å². The van der Waals surface area contributed by atoms with Crippen LogP contribution in [0.2, 0.25) is 0 Å². The van der Waals surface area contributed by atoms with E-state index in [1.54, 1.807) is 42.7 Å². The van der Waals surface area contributed by atoms with E-state index in [9.17, 15) is 9.59 Å². The molecule has 1 aromatic carbocycles. The van der Waals surface area contributed by atoms with Crippen molar-refractivity contribution in [2.75, 3.05) is 11.9 Å². The first-order valence-electron chi connectivity index (χ1n) is 7.73. The number of aryl methyl sites for hydroxylation is 1. The van der Waals surface area contributed by atoms with E-state index in [0.717, 1.165) is 4.88 Å². The maximum atomic E-state index is 12.6. The number of hydrogen-bond acceptors (Lipinski definition) is 5. The molecule has 2 N–H and O–H groups in total. The molecule has 7 heteroatoms. The van der Waals surface area contributed by atoms with Gasteiger partial charge in [-0.25, -0.2) is 4.98 Å². The van der Waals surface area contributed by atoms with Gasteiger partial charge in [0.2, 0.25) is 0 Å². The minimum atomic E-state index is -0.395. The number of nitrogens with zero attached hydrogens (tertiary/aromatic N) is 1. The molecule has 0 fully saturated rings. The van der Waals surface area contributed by atoms with Crippen LogP contribution in [0, 0.1) is 19.3 Å². The highest BCUT2D eigenvalue weighted by Crippen LogP contribution is 2.28. The average molecular weight is 365 g/mol. The van der Waals surface area contributed by atoms with Gasteiger partial charge < -0.3 is 15.1 Å². The second-order valence-corrected chi connectivity index (χ2v) is 6.49. The Bertz CT molecular complexity index is 984. The molecular formula is C19H15N3O3S. The summed E-state index contributed by atoms with van der Waals surface area (Å²) in [6.07, 6.45) is 6.71. The molecule has 6 nitrogen and oxygen atoms in total. The Kier molecular flexibility index (Phi) is 5.15. The van der Waals surface area contributed by atoms with E-state index in [0.29, 0.717) is 27.7 Å². The van der Waals surface area contributed by atoms with Crippen LogP contribution < -0.4 is 10.6 Å². The van der Waals surface area contributed by atoms with Gasteiger partial charge in [-0.2, -0.15) is 0 Å². The smallest absolute Gasteiger partial charge is 0.275 e. The molecule has 0 saturated carbocycles. The zero-order chi connectivity index (χ0) is 18.5. The molecule has 0 bridgehead atoms. The molecule has 0 aliphatic heterocycles. The molecule has 3 rings (SSSR count). The number of anilines is 1. The van der Waals surface area contributed by atoms with Crippen molar-refractivity contribution >= 4 is 28.8 Å². The van der Waals surface area contributed by atoms with Gasteiger partial charge in [0.25, 0.3) is 11.8 Å². The van der Waals surface area contributed by atoms with Crippen molar-refractivity contribution < 1.29 is 14.0 Å². The lowest BCUT2D eigenvalue weighted by molar-refractivity contribution is 0.0959. The SMILES string of the molecule is C#CCNC(=O)c1ccccc1NC(=O)c1nc(-c2ccco2)sc1C. The molecule has 2 aromatic heterocycles. The van der Waals surface area contributed by atoms with Gasteiger partial charge in [0.1, 0.15) is 5.69 Å². The first kappa shape index (κ1) is 17.5. The Hall–Kier alpha value is -3.37. The molecule has 0 saturated heterocycles. The Morgan fingerprint density at radius 2 is 2.04 bits per heavy atom. The summed E-state index contributed by atoms with van der Waals surface area (Å²) in [5.74, 6) is 2.19. The number of thiazole rings is 1. The quantitative estimate of drug-likeness (QED) is 0.679. The molecular weight excluding hydrogens is 350 g/mol. The predicted molar refractivity (Wildman–Crippen MR) is 100 cm³/mol. The third-order valence-corrected chi connectivity index (χ3v) is 4.50. The topological polar surface area (TPSA) is 84.2 Å². The van der Waals surface area contributed by atoms with E-state index >= 15 is 0 Å². The molecule has 0 aliphatic carbocycles. The summed E-state index contributed by atoms with van der Waals surface area (Å²) < 4.78 is 5.32. The van der Waals surface area contributed by atoms with Crippen LogP contribution in [0.1, 0.15) is 25.7 Å². The minimum Gasteiger partial charge on any atom is -0.462 e. The lowest BCUT2D eigenvalue weighted by atomic mass is 10.1. The van der Waals surface area contributed by atoms with Gasteiger partial charge in [0.15, 0.2) is 10.8 Å². The number of carbonyl (C=O) groups excluding carboxylic acids is 2. The molecule has 2 amide bonds. The normalized spacial score (nSPS) is 10.2. The maximum Gasteiger partial charge on any atom is 0.275 e. The Balaban J connectivity index is 1.83. The summed E-state index contributed by atoms with van der Waals surface area (Å²) in [5.41, 5.74) is 1.01. The van der Waals surface area contributed by atoms with E-state index in [4.69, 9.17) is 10.8 Å². The Morgan fingerprint density at radius 3 is 2.77 bits per heavy atom. The number of nitrogens with one attached hydrogen (secondary N) is 2. The first-order chi connectivity index (χ1) is 12.6. The summed E-state index contributed by atoms with van der Waals surface area (Å²) in [6, 6.07) is 10.3. The van der Waals surface area contributed by atoms with Crippen LogP contribution in [-0.2, 0) is 0 Å². The van der Waals surface area contributed by atoms with Crippen LogP contribution in [0.15, 0.2) is 47.1 Å². The minimum absolute atomic E-state index is 0.110. The van der Waals surface area contributed by atoms with Gasteiger partial charge in [-0.3, -0.25) is 9.59 Å². The number of rotatable bonds is 5. The zero-order valence-corrected chi connectivity index (χ0v) is 14.7. The van der Waals surface area contributed by atoms with E-state index in [2.05, 4.69) is 21.5 Å². The van der Waals surface area contributed by atoms with Crippen LogP contribution in [-0.4, -0.2) is 23.3 Å². The zero-order valence-electron chi connectivity index (χ0n) is 13.9. The van der Waals surface area contributed by atoms with Gasteiger partial charge in [0.05, 0.1) is 24.1 Å². The molecule has 3 aromatic rings. The van der Waals surface area contributed by atoms with Gasteiger partial charge in [-0.15, -0.1) is 17.8 Å². The van der Waals surface area contributed by atoms with E-state index < -0.39 is 5.91 Å². The molecule has 0 radical (unpaired) electrons. The number of terminal acetylenes is 1. The lowest BCUT2D eigenvalue weighted by Gasteiger charge is -2.10. The summed E-state index contributed by atoms with van der Waals surface area (Å²) in [6.45, 7) is 1.92. The standard InChI is InChI=1S/C19H15N3O3S/c1-3-10-20-17(23)13-7-4-5-8-14(13)21-18(24)16-12(2)26-19(22-16)15-9-6-11-25-15/h1,4-9,11H,10H2,2H3,(H,20,23)(H,21,24). The molecule has 2 heterocycles. The maximum absolute atomic E-state index is 12.6. The van der Waals surface area contributed by atoms with Crippen molar-refractivity contribution in [2.24, 2.45) is 0 Å². The van der Waals surface area contributed by atoms with Crippen molar-refractivity contribution in [1.82, 2.24) is 10.3 Å². The Morgan fingerprint density at radius 1 is 1.23 bits per heavy atom. The summed E-state index contributed by atoms with van der Waals surface area (Å²) in [4.78, 5) is 29.9. The van der Waals surface area contributed by atoms with Crippen LogP contribution in [0.4, 0.5) is 5.69 Å². The van der Waals surface area contributed by atoms with Crippen molar-refractivity contribution in [3.63, 3.8) is 0 Å². The third kappa shape index (κ3) is 3.66. The molecule has 0 aliphatic rings. The first-order valence-corrected chi connectivity index (χ1v) is 8.55. The van der Waals surface area contributed by atoms with Crippen molar-refractivity contribution in [1.29, 1.82) is 0 Å². The Labute approximate surface area is 154 Å².